The summed E-state index contributed by atoms with van der Waals surface area (Å²) in [4.78, 5) is 15.7. The highest BCUT2D eigenvalue weighted by Gasteiger charge is 2.45. The van der Waals surface area contributed by atoms with Gasteiger partial charge in [0, 0.05) is 25.3 Å². The summed E-state index contributed by atoms with van der Waals surface area (Å²) in [5.41, 5.74) is 1.46. The lowest BCUT2D eigenvalue weighted by Crippen LogP contribution is -2.53. The van der Waals surface area contributed by atoms with E-state index < -0.39 is 0 Å². The van der Waals surface area contributed by atoms with Crippen LogP contribution in [0.3, 0.4) is 0 Å². The van der Waals surface area contributed by atoms with Gasteiger partial charge in [0.15, 0.2) is 0 Å². The van der Waals surface area contributed by atoms with Crippen LogP contribution in [0.4, 0.5) is 5.69 Å². The van der Waals surface area contributed by atoms with E-state index in [0.717, 1.165) is 31.8 Å². The van der Waals surface area contributed by atoms with E-state index >= 15 is 0 Å². The number of amides is 1. The van der Waals surface area contributed by atoms with Gasteiger partial charge in [0.05, 0.1) is 12.6 Å². The van der Waals surface area contributed by atoms with Gasteiger partial charge in [-0.2, -0.15) is 0 Å². The normalized spacial score (nSPS) is 26.7. The summed E-state index contributed by atoms with van der Waals surface area (Å²) in [6.07, 6.45) is 2.21. The van der Waals surface area contributed by atoms with Gasteiger partial charge in [-0.15, -0.1) is 0 Å². The van der Waals surface area contributed by atoms with E-state index in [0.29, 0.717) is 18.6 Å². The third-order valence-electron chi connectivity index (χ3n) is 5.08. The van der Waals surface area contributed by atoms with Crippen LogP contribution in [-0.4, -0.2) is 43.6 Å². The van der Waals surface area contributed by atoms with Crippen molar-refractivity contribution >= 4 is 12.1 Å². The predicted molar refractivity (Wildman–Crippen MR) is 88.3 cm³/mol. The number of hydrogen-bond acceptors (Lipinski definition) is 3. The molecule has 3 aliphatic heterocycles. The van der Waals surface area contributed by atoms with Crippen LogP contribution in [0.1, 0.15) is 27.2 Å². The highest BCUT2D eigenvalue weighted by Crippen LogP contribution is 2.43. The minimum absolute atomic E-state index is 0.221. The zero-order valence-electron chi connectivity index (χ0n) is 13.8. The van der Waals surface area contributed by atoms with Crippen molar-refractivity contribution in [3.05, 3.63) is 24.3 Å². The molecule has 1 amide bonds. The number of ether oxygens (including phenoxy) is 1. The number of carbonyl (C=O) groups is 1. The Morgan fingerprint density at radius 3 is 2.59 bits per heavy atom. The summed E-state index contributed by atoms with van der Waals surface area (Å²) in [7, 11) is 0. The first-order chi connectivity index (χ1) is 10.5. The molecule has 0 aromatic heterocycles. The monoisotopic (exact) mass is 302 g/mol. The second-order valence-corrected chi connectivity index (χ2v) is 7.21. The molecule has 0 aliphatic carbocycles. The Kier molecular flexibility index (Phi) is 4.02. The minimum atomic E-state index is 0.221. The molecule has 2 bridgehead atoms. The fourth-order valence-corrected chi connectivity index (χ4v) is 4.14. The van der Waals surface area contributed by atoms with Crippen molar-refractivity contribution in [2.24, 2.45) is 11.3 Å². The lowest BCUT2D eigenvalue weighted by atomic mass is 9.73. The first-order valence-corrected chi connectivity index (χ1v) is 8.22. The molecule has 0 radical (unpaired) electrons. The van der Waals surface area contributed by atoms with Crippen molar-refractivity contribution in [1.29, 1.82) is 0 Å². The maximum Gasteiger partial charge on any atom is 0.209 e. The molecule has 0 N–H and O–H groups in total. The quantitative estimate of drug-likeness (QED) is 0.802. The topological polar surface area (TPSA) is 32.8 Å². The van der Waals surface area contributed by atoms with Crippen molar-refractivity contribution in [1.82, 2.24) is 4.90 Å². The Morgan fingerprint density at radius 1 is 1.23 bits per heavy atom. The van der Waals surface area contributed by atoms with Gasteiger partial charge in [-0.1, -0.05) is 13.8 Å². The zero-order valence-corrected chi connectivity index (χ0v) is 13.8. The molecule has 3 fully saturated rings. The van der Waals surface area contributed by atoms with Gasteiger partial charge in [-0.3, -0.25) is 4.79 Å². The van der Waals surface area contributed by atoms with E-state index in [1.807, 2.05) is 24.0 Å². The molecule has 1 aromatic rings. The number of anilines is 1. The summed E-state index contributed by atoms with van der Waals surface area (Å²) < 4.78 is 5.54. The van der Waals surface area contributed by atoms with Crippen LogP contribution in [0.2, 0.25) is 0 Å². The SMILES string of the molecule is CCOc1ccc(N2C[C@H]3CN(C=O)C[C@@H]2C(C)(C)C3)cc1. The largest absolute Gasteiger partial charge is 0.494 e. The fraction of sp³-hybridized carbons (Fsp3) is 0.611. The number of benzene rings is 1. The van der Waals surface area contributed by atoms with Crippen LogP contribution in [0.15, 0.2) is 24.3 Å². The van der Waals surface area contributed by atoms with Crippen molar-refractivity contribution < 1.29 is 9.53 Å². The summed E-state index contributed by atoms with van der Waals surface area (Å²) in [5, 5.41) is 0. The molecule has 1 aromatic carbocycles. The molecule has 4 heteroatoms. The summed E-state index contributed by atoms with van der Waals surface area (Å²) in [6.45, 7) is 10.1. The van der Waals surface area contributed by atoms with E-state index in [2.05, 4.69) is 30.9 Å². The van der Waals surface area contributed by atoms with E-state index in [9.17, 15) is 4.79 Å². The third-order valence-corrected chi connectivity index (χ3v) is 5.08. The van der Waals surface area contributed by atoms with Crippen LogP contribution in [0.25, 0.3) is 0 Å². The number of fused-ring (bicyclic) bond motifs is 4. The smallest absolute Gasteiger partial charge is 0.209 e. The first kappa shape index (κ1) is 15.2. The summed E-state index contributed by atoms with van der Waals surface area (Å²) >= 11 is 0. The average Bonchev–Trinajstić information content (AvgIpc) is 2.74. The molecule has 0 unspecified atom stereocenters. The summed E-state index contributed by atoms with van der Waals surface area (Å²) in [6, 6.07) is 8.75. The van der Waals surface area contributed by atoms with Crippen LogP contribution in [-0.2, 0) is 4.79 Å². The number of rotatable bonds is 4. The number of nitrogens with zero attached hydrogens (tertiary/aromatic N) is 2. The van der Waals surface area contributed by atoms with Gasteiger partial charge in [0.25, 0.3) is 0 Å². The number of piperidine rings is 1. The Balaban J connectivity index is 1.88. The predicted octanol–water partition coefficient (Wildman–Crippen LogP) is 2.78. The van der Waals surface area contributed by atoms with Crippen LogP contribution >= 0.6 is 0 Å². The van der Waals surface area contributed by atoms with Crippen molar-refractivity contribution in [3.8, 4) is 5.75 Å². The van der Waals surface area contributed by atoms with E-state index in [4.69, 9.17) is 4.74 Å². The molecule has 4 nitrogen and oxygen atoms in total. The van der Waals surface area contributed by atoms with Gasteiger partial charge in [-0.05, 0) is 48.9 Å². The average molecular weight is 302 g/mol. The Morgan fingerprint density at radius 2 is 1.95 bits per heavy atom. The van der Waals surface area contributed by atoms with Crippen molar-refractivity contribution in [3.63, 3.8) is 0 Å². The van der Waals surface area contributed by atoms with Gasteiger partial charge in [0.2, 0.25) is 6.41 Å². The number of carbonyl (C=O) groups excluding carboxylic acids is 1. The maximum absolute atomic E-state index is 11.3. The van der Waals surface area contributed by atoms with Gasteiger partial charge >= 0.3 is 0 Å². The number of hydrogen-bond donors (Lipinski definition) is 0. The lowest BCUT2D eigenvalue weighted by molar-refractivity contribution is -0.118. The first-order valence-electron chi connectivity index (χ1n) is 8.22. The molecule has 3 saturated heterocycles. The van der Waals surface area contributed by atoms with Crippen molar-refractivity contribution in [2.75, 3.05) is 31.1 Å². The van der Waals surface area contributed by atoms with E-state index in [-0.39, 0.29) is 5.41 Å². The van der Waals surface area contributed by atoms with Gasteiger partial charge in [0.1, 0.15) is 5.75 Å². The van der Waals surface area contributed by atoms with E-state index in [1.165, 1.54) is 12.1 Å². The molecule has 2 atom stereocenters. The molecule has 4 rings (SSSR count). The molecule has 120 valence electrons. The molecular formula is C18H26N2O2. The van der Waals surface area contributed by atoms with E-state index in [1.54, 1.807) is 0 Å². The Bertz CT molecular complexity index is 526. The third kappa shape index (κ3) is 2.79. The molecule has 3 heterocycles. The Labute approximate surface area is 133 Å². The second kappa shape index (κ2) is 5.82. The molecular weight excluding hydrogens is 276 g/mol. The highest BCUT2D eigenvalue weighted by atomic mass is 16.5. The lowest BCUT2D eigenvalue weighted by Gasteiger charge is -2.48. The van der Waals surface area contributed by atoms with Gasteiger partial charge < -0.3 is 14.5 Å². The van der Waals surface area contributed by atoms with Crippen LogP contribution in [0, 0.1) is 11.3 Å². The van der Waals surface area contributed by atoms with Crippen molar-refractivity contribution in [2.45, 2.75) is 33.2 Å². The zero-order chi connectivity index (χ0) is 15.7. The van der Waals surface area contributed by atoms with Gasteiger partial charge in [-0.25, -0.2) is 0 Å². The molecule has 0 spiro atoms. The summed E-state index contributed by atoms with van der Waals surface area (Å²) in [5.74, 6) is 1.46. The Hall–Kier alpha value is -1.71. The standard InChI is InChI=1S/C18H26N2O2/c1-4-22-16-7-5-15(6-8-16)20-11-14-9-18(2,3)17(20)12-19(10-14)13-21/h5-8,13-14,17H,4,9-12H2,1-3H3/t14-,17-/m1/s1. The molecule has 22 heavy (non-hydrogen) atoms. The van der Waals surface area contributed by atoms with Crippen LogP contribution in [0.5, 0.6) is 5.75 Å². The van der Waals surface area contributed by atoms with Crippen LogP contribution < -0.4 is 9.64 Å². The second-order valence-electron chi connectivity index (χ2n) is 7.21. The fourth-order valence-electron chi connectivity index (χ4n) is 4.14. The highest BCUT2D eigenvalue weighted by molar-refractivity contribution is 5.53. The molecule has 0 saturated carbocycles. The molecule has 3 aliphatic rings. The maximum atomic E-state index is 11.3. The minimum Gasteiger partial charge on any atom is -0.494 e.